The zero-order valence-electron chi connectivity index (χ0n) is 14.7. The molecule has 140 valence electrons. The average molecular weight is 402 g/mol. The molecular weight excluding hydrogens is 384 g/mol. The van der Waals surface area contributed by atoms with Gasteiger partial charge >= 0.3 is 0 Å². The van der Waals surface area contributed by atoms with E-state index in [-0.39, 0.29) is 9.77 Å². The van der Waals surface area contributed by atoms with E-state index in [0.717, 1.165) is 15.6 Å². The van der Waals surface area contributed by atoms with Crippen molar-refractivity contribution in [1.29, 1.82) is 0 Å². The van der Waals surface area contributed by atoms with Crippen molar-refractivity contribution in [1.82, 2.24) is 0 Å². The lowest BCUT2D eigenvalue weighted by molar-refractivity contribution is 0.102. The molecule has 1 heterocycles. The summed E-state index contributed by atoms with van der Waals surface area (Å²) < 4.78 is 32.1. The minimum atomic E-state index is -3.74. The van der Waals surface area contributed by atoms with Crippen molar-refractivity contribution in [3.05, 3.63) is 71.6 Å². The molecule has 27 heavy (non-hydrogen) atoms. The summed E-state index contributed by atoms with van der Waals surface area (Å²) >= 11 is 1.13. The number of thiophene rings is 1. The van der Waals surface area contributed by atoms with Crippen LogP contribution in [0.2, 0.25) is 0 Å². The highest BCUT2D eigenvalue weighted by atomic mass is 32.2. The first-order valence-electron chi connectivity index (χ1n) is 8.00. The number of nitrogens with one attached hydrogen (secondary N) is 1. The first kappa shape index (κ1) is 18.9. The van der Waals surface area contributed by atoms with Crippen molar-refractivity contribution >= 4 is 38.6 Å². The SMILES string of the molecule is COc1cccc(NC(=O)c2ccccc2N(C)S(=O)(=O)c2cccs2)c1. The summed E-state index contributed by atoms with van der Waals surface area (Å²) in [4.78, 5) is 12.8. The van der Waals surface area contributed by atoms with Crippen LogP contribution in [0.5, 0.6) is 5.75 Å². The Morgan fingerprint density at radius 2 is 1.85 bits per heavy atom. The van der Waals surface area contributed by atoms with Crippen LogP contribution >= 0.6 is 11.3 Å². The van der Waals surface area contributed by atoms with Gasteiger partial charge in [-0.1, -0.05) is 24.3 Å². The van der Waals surface area contributed by atoms with E-state index in [1.54, 1.807) is 67.1 Å². The molecule has 0 aliphatic heterocycles. The number of sulfonamides is 1. The second-order valence-corrected chi connectivity index (χ2v) is 8.75. The predicted octanol–water partition coefficient (Wildman–Crippen LogP) is 3.83. The Kier molecular flexibility index (Phi) is 5.48. The molecule has 2 aromatic carbocycles. The van der Waals surface area contributed by atoms with Crippen LogP contribution in [0.15, 0.2) is 70.3 Å². The number of para-hydroxylation sites is 1. The molecule has 8 heteroatoms. The van der Waals surface area contributed by atoms with Gasteiger partial charge in [0.2, 0.25) is 0 Å². The summed E-state index contributed by atoms with van der Waals surface area (Å²) in [5.41, 5.74) is 1.10. The van der Waals surface area contributed by atoms with Crippen molar-refractivity contribution in [3.8, 4) is 5.75 Å². The zero-order valence-corrected chi connectivity index (χ0v) is 16.4. The van der Waals surface area contributed by atoms with E-state index < -0.39 is 15.9 Å². The first-order valence-corrected chi connectivity index (χ1v) is 10.3. The maximum atomic E-state index is 12.8. The topological polar surface area (TPSA) is 75.7 Å². The Bertz CT molecular complexity index is 1050. The smallest absolute Gasteiger partial charge is 0.273 e. The monoisotopic (exact) mass is 402 g/mol. The van der Waals surface area contributed by atoms with Crippen molar-refractivity contribution < 1.29 is 17.9 Å². The molecule has 0 saturated carbocycles. The quantitative estimate of drug-likeness (QED) is 0.680. The van der Waals surface area contributed by atoms with Crippen LogP contribution in [-0.4, -0.2) is 28.5 Å². The second kappa shape index (κ2) is 7.81. The summed E-state index contributed by atoms with van der Waals surface area (Å²) in [6.45, 7) is 0. The molecule has 1 N–H and O–H groups in total. The van der Waals surface area contributed by atoms with Crippen LogP contribution in [0.4, 0.5) is 11.4 Å². The summed E-state index contributed by atoms with van der Waals surface area (Å²) in [5, 5.41) is 4.47. The average Bonchev–Trinajstić information content (AvgIpc) is 3.23. The highest BCUT2D eigenvalue weighted by Crippen LogP contribution is 2.28. The number of rotatable bonds is 6. The molecule has 0 radical (unpaired) electrons. The van der Waals surface area contributed by atoms with Gasteiger partial charge in [0.05, 0.1) is 18.4 Å². The number of hydrogen-bond acceptors (Lipinski definition) is 5. The third-order valence-corrected chi connectivity index (χ3v) is 7.07. The number of benzene rings is 2. The van der Waals surface area contributed by atoms with Crippen molar-refractivity contribution in [2.24, 2.45) is 0 Å². The molecule has 0 unspecified atom stereocenters. The van der Waals surface area contributed by atoms with E-state index >= 15 is 0 Å². The molecule has 1 amide bonds. The van der Waals surface area contributed by atoms with Crippen LogP contribution < -0.4 is 14.4 Å². The highest BCUT2D eigenvalue weighted by molar-refractivity contribution is 7.94. The maximum absolute atomic E-state index is 12.8. The Hall–Kier alpha value is -2.84. The van der Waals surface area contributed by atoms with Gasteiger partial charge in [-0.3, -0.25) is 9.10 Å². The van der Waals surface area contributed by atoms with E-state index in [9.17, 15) is 13.2 Å². The van der Waals surface area contributed by atoms with Crippen molar-refractivity contribution in [3.63, 3.8) is 0 Å². The normalized spacial score (nSPS) is 11.0. The third-order valence-electron chi connectivity index (χ3n) is 3.93. The number of amides is 1. The molecule has 0 aliphatic rings. The molecule has 0 atom stereocenters. The summed E-state index contributed by atoms with van der Waals surface area (Å²) in [7, 11) is -0.757. The number of ether oxygens (including phenoxy) is 1. The Balaban J connectivity index is 1.92. The van der Waals surface area contributed by atoms with Gasteiger partial charge in [0, 0.05) is 18.8 Å². The van der Waals surface area contributed by atoms with Gasteiger partial charge in [-0.25, -0.2) is 8.42 Å². The van der Waals surface area contributed by atoms with Crippen LogP contribution in [0, 0.1) is 0 Å². The standard InChI is InChI=1S/C19H18N2O4S2/c1-21(27(23,24)18-11-6-12-26-18)17-10-4-3-9-16(17)19(22)20-14-7-5-8-15(13-14)25-2/h3-13H,1-2H3,(H,20,22). The van der Waals surface area contributed by atoms with E-state index in [1.807, 2.05) is 0 Å². The number of carbonyl (C=O) groups excluding carboxylic acids is 1. The fourth-order valence-electron chi connectivity index (χ4n) is 2.51. The Morgan fingerprint density at radius 1 is 1.07 bits per heavy atom. The number of carbonyl (C=O) groups is 1. The molecule has 0 saturated heterocycles. The van der Waals surface area contributed by atoms with E-state index in [0.29, 0.717) is 17.1 Å². The molecule has 6 nitrogen and oxygen atoms in total. The molecule has 3 aromatic rings. The Morgan fingerprint density at radius 3 is 2.56 bits per heavy atom. The molecule has 0 aliphatic carbocycles. The van der Waals surface area contributed by atoms with E-state index in [4.69, 9.17) is 4.74 Å². The summed E-state index contributed by atoms with van der Waals surface area (Å²) in [6, 6.07) is 16.7. The van der Waals surface area contributed by atoms with E-state index in [1.165, 1.54) is 13.1 Å². The van der Waals surface area contributed by atoms with Gasteiger partial charge in [0.25, 0.3) is 15.9 Å². The van der Waals surface area contributed by atoms with Gasteiger partial charge in [0.1, 0.15) is 9.96 Å². The number of hydrogen-bond donors (Lipinski definition) is 1. The highest BCUT2D eigenvalue weighted by Gasteiger charge is 2.25. The van der Waals surface area contributed by atoms with Crippen molar-refractivity contribution in [2.75, 3.05) is 23.8 Å². The second-order valence-electron chi connectivity index (χ2n) is 5.61. The fourth-order valence-corrected chi connectivity index (χ4v) is 4.89. The fraction of sp³-hybridized carbons (Fsp3) is 0.105. The lowest BCUT2D eigenvalue weighted by Gasteiger charge is -2.21. The molecular formula is C19H18N2O4S2. The van der Waals surface area contributed by atoms with Crippen LogP contribution in [-0.2, 0) is 10.0 Å². The molecule has 1 aromatic heterocycles. The van der Waals surface area contributed by atoms with Gasteiger partial charge in [-0.15, -0.1) is 11.3 Å². The first-order chi connectivity index (χ1) is 12.9. The minimum absolute atomic E-state index is 0.216. The minimum Gasteiger partial charge on any atom is -0.497 e. The molecule has 3 rings (SSSR count). The zero-order chi connectivity index (χ0) is 19.4. The van der Waals surface area contributed by atoms with Gasteiger partial charge in [0.15, 0.2) is 0 Å². The lowest BCUT2D eigenvalue weighted by Crippen LogP contribution is -2.28. The van der Waals surface area contributed by atoms with Gasteiger partial charge < -0.3 is 10.1 Å². The third kappa shape index (κ3) is 3.96. The van der Waals surface area contributed by atoms with Crippen LogP contribution in [0.25, 0.3) is 0 Å². The van der Waals surface area contributed by atoms with E-state index in [2.05, 4.69) is 5.32 Å². The largest absolute Gasteiger partial charge is 0.497 e. The number of methoxy groups -OCH3 is 1. The molecule has 0 bridgehead atoms. The van der Waals surface area contributed by atoms with Gasteiger partial charge in [-0.05, 0) is 35.7 Å². The summed E-state index contributed by atoms with van der Waals surface area (Å²) in [5.74, 6) is 0.200. The summed E-state index contributed by atoms with van der Waals surface area (Å²) in [6.07, 6.45) is 0. The molecule has 0 spiro atoms. The number of anilines is 2. The van der Waals surface area contributed by atoms with Gasteiger partial charge in [-0.2, -0.15) is 0 Å². The molecule has 0 fully saturated rings. The maximum Gasteiger partial charge on any atom is 0.273 e. The Labute approximate surface area is 162 Å². The number of nitrogens with zero attached hydrogens (tertiary/aromatic N) is 1. The van der Waals surface area contributed by atoms with Crippen molar-refractivity contribution in [2.45, 2.75) is 4.21 Å². The van der Waals surface area contributed by atoms with Crippen LogP contribution in [0.3, 0.4) is 0 Å². The lowest BCUT2D eigenvalue weighted by atomic mass is 10.1. The van der Waals surface area contributed by atoms with Crippen LogP contribution in [0.1, 0.15) is 10.4 Å². The predicted molar refractivity (Wildman–Crippen MR) is 107 cm³/mol.